The number of hydrogen-bond acceptors (Lipinski definition) is 6. The second-order valence-corrected chi connectivity index (χ2v) is 6.04. The molecule has 0 heterocycles. The van der Waals surface area contributed by atoms with E-state index in [-0.39, 0.29) is 5.69 Å². The molecule has 0 fully saturated rings. The van der Waals surface area contributed by atoms with Crippen molar-refractivity contribution in [2.24, 2.45) is 5.11 Å². The van der Waals surface area contributed by atoms with Gasteiger partial charge in [0.25, 0.3) is 10.1 Å². The van der Waals surface area contributed by atoms with Crippen LogP contribution in [0.25, 0.3) is 11.1 Å². The first-order chi connectivity index (χ1) is 10.3. The summed E-state index contributed by atoms with van der Waals surface area (Å²) in [6.07, 6.45) is 0. The van der Waals surface area contributed by atoms with Crippen molar-refractivity contribution in [2.45, 2.75) is 11.8 Å². The van der Waals surface area contributed by atoms with Gasteiger partial charge in [0.2, 0.25) is 0 Å². The fourth-order valence-electron chi connectivity index (χ4n) is 2.15. The number of anilines is 1. The van der Waals surface area contributed by atoms with Crippen molar-refractivity contribution >= 4 is 21.5 Å². The highest BCUT2D eigenvalue weighted by molar-refractivity contribution is 7.86. The average molecular weight is 321 g/mol. The van der Waals surface area contributed by atoms with Crippen LogP contribution in [0.3, 0.4) is 0 Å². The van der Waals surface area contributed by atoms with E-state index in [9.17, 15) is 13.0 Å². The second kappa shape index (κ2) is 5.74. The number of methoxy groups -OCH3 is 1. The molecule has 0 aliphatic heterocycles. The van der Waals surface area contributed by atoms with Gasteiger partial charge < -0.3 is 10.5 Å². The summed E-state index contributed by atoms with van der Waals surface area (Å²) in [6.45, 7) is 1.79. The van der Waals surface area contributed by atoms with Crippen molar-refractivity contribution in [3.05, 3.63) is 35.9 Å². The average Bonchev–Trinajstić information content (AvgIpc) is 2.47. The van der Waals surface area contributed by atoms with E-state index < -0.39 is 15.0 Å². The van der Waals surface area contributed by atoms with Crippen molar-refractivity contribution in [1.29, 1.82) is 5.53 Å². The lowest BCUT2D eigenvalue weighted by atomic mass is 9.99. The second-order valence-electron chi connectivity index (χ2n) is 4.65. The van der Waals surface area contributed by atoms with Crippen LogP contribution in [0.15, 0.2) is 40.3 Å². The summed E-state index contributed by atoms with van der Waals surface area (Å²) in [5.41, 5.74) is 15.1. The summed E-state index contributed by atoms with van der Waals surface area (Å²) in [4.78, 5) is -0.434. The van der Waals surface area contributed by atoms with Crippen LogP contribution in [0.5, 0.6) is 5.75 Å². The minimum atomic E-state index is -4.49. The maximum atomic E-state index is 11.4. The molecule has 2 rings (SSSR count). The van der Waals surface area contributed by atoms with Crippen LogP contribution in [0.2, 0.25) is 0 Å². The molecule has 8 heteroatoms. The lowest BCUT2D eigenvalue weighted by molar-refractivity contribution is 0.416. The third kappa shape index (κ3) is 2.78. The van der Waals surface area contributed by atoms with E-state index in [2.05, 4.69) is 5.11 Å². The van der Waals surface area contributed by atoms with Gasteiger partial charge in [-0.15, -0.1) is 0 Å². The number of nitrogens with zero attached hydrogens (tertiary/aromatic N) is 1. The zero-order valence-electron chi connectivity index (χ0n) is 12.0. The maximum Gasteiger partial charge on any atom is 0.296 e. The van der Waals surface area contributed by atoms with E-state index in [4.69, 9.17) is 16.0 Å². The van der Waals surface area contributed by atoms with Gasteiger partial charge in [-0.05, 0) is 24.6 Å². The predicted molar refractivity (Wildman–Crippen MR) is 82.2 cm³/mol. The molecule has 2 aromatic carbocycles. The van der Waals surface area contributed by atoms with Crippen molar-refractivity contribution < 1.29 is 17.7 Å². The Morgan fingerprint density at radius 3 is 2.50 bits per heavy atom. The molecule has 0 aliphatic carbocycles. The highest BCUT2D eigenvalue weighted by Gasteiger charge is 2.21. The van der Waals surface area contributed by atoms with Crippen molar-refractivity contribution in [3.8, 4) is 16.9 Å². The number of hydrogen-bond donors (Lipinski definition) is 3. The number of para-hydroxylation sites is 1. The highest BCUT2D eigenvalue weighted by atomic mass is 32.2. The molecule has 116 valence electrons. The molecule has 0 aromatic heterocycles. The van der Waals surface area contributed by atoms with Crippen LogP contribution in [0.4, 0.5) is 11.4 Å². The number of nitrogens with two attached hydrogens (primary N) is 1. The van der Waals surface area contributed by atoms with Gasteiger partial charge in [-0.2, -0.15) is 13.5 Å². The number of aryl methyl sites for hydroxylation is 1. The number of rotatable bonds is 4. The summed E-state index contributed by atoms with van der Waals surface area (Å²) < 4.78 is 37.4. The van der Waals surface area contributed by atoms with Crippen molar-refractivity contribution in [2.75, 3.05) is 12.8 Å². The topological polar surface area (TPSA) is 126 Å². The van der Waals surface area contributed by atoms with E-state index in [1.165, 1.54) is 19.2 Å². The van der Waals surface area contributed by atoms with E-state index in [1.54, 1.807) is 25.1 Å². The molecule has 0 spiro atoms. The van der Waals surface area contributed by atoms with Crippen LogP contribution in [-0.4, -0.2) is 20.1 Å². The van der Waals surface area contributed by atoms with Gasteiger partial charge in [-0.3, -0.25) is 4.55 Å². The standard InChI is InChI=1S/C14H15N3O4S/c1-8-6-10(12(21-2)7-11(8)15)9-4-3-5-13(14(9)17-16)22(18,19)20/h3-7,16H,15H2,1-2H3,(H,18,19,20). The number of ether oxygens (including phenoxy) is 1. The molecule has 0 unspecified atom stereocenters. The van der Waals surface area contributed by atoms with E-state index >= 15 is 0 Å². The van der Waals surface area contributed by atoms with Crippen LogP contribution in [0.1, 0.15) is 5.56 Å². The SMILES string of the molecule is COc1cc(N)c(C)cc1-c1cccc(S(=O)(=O)O)c1N=N. The van der Waals surface area contributed by atoms with E-state index in [0.717, 1.165) is 5.56 Å². The van der Waals surface area contributed by atoms with Crippen LogP contribution < -0.4 is 10.5 Å². The van der Waals surface area contributed by atoms with Gasteiger partial charge in [0, 0.05) is 22.9 Å². The third-order valence-corrected chi connectivity index (χ3v) is 4.15. The fourth-order valence-corrected chi connectivity index (χ4v) is 2.80. The maximum absolute atomic E-state index is 11.4. The lowest BCUT2D eigenvalue weighted by Gasteiger charge is -2.14. The third-order valence-electron chi connectivity index (χ3n) is 3.27. The van der Waals surface area contributed by atoms with Gasteiger partial charge in [0.15, 0.2) is 0 Å². The number of nitrogens with one attached hydrogen (secondary N) is 1. The molecule has 4 N–H and O–H groups in total. The number of nitrogen functional groups attached to an aromatic ring is 1. The van der Waals surface area contributed by atoms with Crippen molar-refractivity contribution in [3.63, 3.8) is 0 Å². The monoisotopic (exact) mass is 321 g/mol. The summed E-state index contributed by atoms with van der Waals surface area (Å²) in [6, 6.07) is 7.56. The molecular weight excluding hydrogens is 306 g/mol. The first kappa shape index (κ1) is 15.9. The molecule has 0 amide bonds. The molecule has 0 saturated carbocycles. The summed E-state index contributed by atoms with van der Waals surface area (Å²) in [5.74, 6) is 0.417. The molecule has 0 bridgehead atoms. The Morgan fingerprint density at radius 2 is 1.95 bits per heavy atom. The molecule has 7 nitrogen and oxygen atoms in total. The van der Waals surface area contributed by atoms with Crippen LogP contribution in [-0.2, 0) is 10.1 Å². The molecular formula is C14H15N3O4S. The Bertz CT molecular complexity index is 847. The minimum Gasteiger partial charge on any atom is -0.496 e. The zero-order chi connectivity index (χ0) is 16.5. The Morgan fingerprint density at radius 1 is 1.27 bits per heavy atom. The Hall–Kier alpha value is -2.45. The summed E-state index contributed by atoms with van der Waals surface area (Å²) in [5, 5.41) is 3.26. The van der Waals surface area contributed by atoms with Gasteiger partial charge in [-0.25, -0.2) is 5.53 Å². The minimum absolute atomic E-state index is 0.160. The van der Waals surface area contributed by atoms with E-state index in [0.29, 0.717) is 22.6 Å². The molecule has 22 heavy (non-hydrogen) atoms. The van der Waals surface area contributed by atoms with Crippen LogP contribution in [0, 0.1) is 12.5 Å². The largest absolute Gasteiger partial charge is 0.496 e. The normalized spacial score (nSPS) is 11.2. The lowest BCUT2D eigenvalue weighted by Crippen LogP contribution is -2.00. The Labute approximate surface area is 128 Å². The van der Waals surface area contributed by atoms with Gasteiger partial charge in [0.1, 0.15) is 16.3 Å². The summed E-state index contributed by atoms with van der Waals surface area (Å²) in [7, 11) is -3.04. The number of benzene rings is 2. The first-order valence-corrected chi connectivity index (χ1v) is 7.66. The quantitative estimate of drug-likeness (QED) is 0.453. The summed E-state index contributed by atoms with van der Waals surface area (Å²) >= 11 is 0. The van der Waals surface area contributed by atoms with Gasteiger partial charge >= 0.3 is 0 Å². The van der Waals surface area contributed by atoms with Crippen LogP contribution >= 0.6 is 0 Å². The van der Waals surface area contributed by atoms with Gasteiger partial charge in [-0.1, -0.05) is 12.1 Å². The first-order valence-electron chi connectivity index (χ1n) is 6.22. The predicted octanol–water partition coefficient (Wildman–Crippen LogP) is 3.16. The van der Waals surface area contributed by atoms with E-state index in [1.807, 2.05) is 0 Å². The smallest absolute Gasteiger partial charge is 0.296 e. The zero-order valence-corrected chi connectivity index (χ0v) is 12.8. The molecule has 0 aliphatic rings. The Kier molecular flexibility index (Phi) is 4.16. The van der Waals surface area contributed by atoms with Gasteiger partial charge in [0.05, 0.1) is 7.11 Å². The Balaban J connectivity index is 2.84. The molecule has 0 radical (unpaired) electrons. The fraction of sp³-hybridized carbons (Fsp3) is 0.143. The molecule has 2 aromatic rings. The highest BCUT2D eigenvalue weighted by Crippen LogP contribution is 2.41. The molecule has 0 atom stereocenters. The molecule has 0 saturated heterocycles. The van der Waals surface area contributed by atoms with Crippen molar-refractivity contribution in [1.82, 2.24) is 0 Å².